The van der Waals surface area contributed by atoms with E-state index in [1.165, 1.54) is 18.4 Å². The number of ether oxygens (including phenoxy) is 1. The summed E-state index contributed by atoms with van der Waals surface area (Å²) in [5.41, 5.74) is 1.50. The predicted octanol–water partition coefficient (Wildman–Crippen LogP) is 3.74. The normalized spacial score (nSPS) is 19.8. The van der Waals surface area contributed by atoms with Crippen LogP contribution in [0.25, 0.3) is 0 Å². The number of hydrogen-bond donors (Lipinski definition) is 0. The zero-order valence-corrected chi connectivity index (χ0v) is 9.96. The minimum absolute atomic E-state index is 0.222. The highest BCUT2D eigenvalue weighted by molar-refractivity contribution is 5.30. The maximum absolute atomic E-state index is 5.38. The molecule has 15 heavy (non-hydrogen) atoms. The quantitative estimate of drug-likeness (QED) is 0.602. The molecule has 0 radical (unpaired) electrons. The van der Waals surface area contributed by atoms with Crippen LogP contribution in [0, 0.1) is 11.3 Å². The third-order valence-corrected chi connectivity index (χ3v) is 3.09. The average molecular weight is 206 g/mol. The molecule has 0 amide bonds. The van der Waals surface area contributed by atoms with E-state index in [1.54, 1.807) is 0 Å². The summed E-state index contributed by atoms with van der Waals surface area (Å²) in [4.78, 5) is 0. The van der Waals surface area contributed by atoms with Gasteiger partial charge in [0.05, 0.1) is 13.2 Å². The predicted molar refractivity (Wildman–Crippen MR) is 65.8 cm³/mol. The van der Waals surface area contributed by atoms with Crippen molar-refractivity contribution in [2.24, 2.45) is 11.3 Å². The van der Waals surface area contributed by atoms with E-state index >= 15 is 0 Å². The second kappa shape index (κ2) is 5.32. The van der Waals surface area contributed by atoms with Gasteiger partial charge in [-0.3, -0.25) is 0 Å². The monoisotopic (exact) mass is 206 g/mol. The molecule has 0 aliphatic carbocycles. The van der Waals surface area contributed by atoms with Crippen molar-refractivity contribution >= 4 is 0 Å². The fraction of sp³-hybridized carbons (Fsp3) is 0.571. The molecular formula is C14H22O. The first-order valence-electron chi connectivity index (χ1n) is 5.68. The summed E-state index contributed by atoms with van der Waals surface area (Å²) < 4.78 is 5.38. The van der Waals surface area contributed by atoms with Gasteiger partial charge in [-0.05, 0) is 24.3 Å². The van der Waals surface area contributed by atoms with E-state index in [1.807, 2.05) is 12.2 Å². The van der Waals surface area contributed by atoms with Crippen molar-refractivity contribution in [3.05, 3.63) is 37.0 Å². The Kier molecular flexibility index (Phi) is 4.34. The largest absolute Gasteiger partial charge is 0.379 e. The lowest BCUT2D eigenvalue weighted by Gasteiger charge is -2.43. The van der Waals surface area contributed by atoms with Gasteiger partial charge in [-0.25, -0.2) is 0 Å². The molecule has 0 aromatic carbocycles. The molecule has 0 aromatic rings. The van der Waals surface area contributed by atoms with Crippen LogP contribution in [0.5, 0.6) is 0 Å². The van der Waals surface area contributed by atoms with Gasteiger partial charge in [-0.1, -0.05) is 45.2 Å². The second-order valence-corrected chi connectivity index (χ2v) is 4.77. The Hall–Kier alpha value is -0.820. The van der Waals surface area contributed by atoms with Crippen LogP contribution in [0.4, 0.5) is 0 Å². The molecule has 1 heteroatoms. The highest BCUT2D eigenvalue weighted by atomic mass is 16.5. The Bertz CT molecular complexity index is 257. The first kappa shape index (κ1) is 12.3. The molecule has 0 saturated carbocycles. The topological polar surface area (TPSA) is 9.23 Å². The summed E-state index contributed by atoms with van der Waals surface area (Å²) in [6.45, 7) is 13.8. The highest BCUT2D eigenvalue weighted by Crippen LogP contribution is 2.41. The fourth-order valence-corrected chi connectivity index (χ4v) is 1.96. The van der Waals surface area contributed by atoms with E-state index in [-0.39, 0.29) is 5.41 Å². The van der Waals surface area contributed by atoms with Gasteiger partial charge in [0.25, 0.3) is 0 Å². The summed E-state index contributed by atoms with van der Waals surface area (Å²) in [5.74, 6) is 0.747. The first-order chi connectivity index (χ1) is 7.14. The fourth-order valence-electron chi connectivity index (χ4n) is 1.96. The molecule has 0 unspecified atom stereocenters. The van der Waals surface area contributed by atoms with Crippen molar-refractivity contribution in [1.29, 1.82) is 0 Å². The van der Waals surface area contributed by atoms with Gasteiger partial charge in [0.2, 0.25) is 0 Å². The van der Waals surface area contributed by atoms with Gasteiger partial charge >= 0.3 is 0 Å². The lowest BCUT2D eigenvalue weighted by atomic mass is 9.73. The van der Waals surface area contributed by atoms with Crippen LogP contribution in [0.15, 0.2) is 37.0 Å². The van der Waals surface area contributed by atoms with Crippen LogP contribution in [0.3, 0.4) is 0 Å². The molecule has 0 bridgehead atoms. The Morgan fingerprint density at radius 3 is 2.40 bits per heavy atom. The molecule has 1 nitrogen and oxygen atoms in total. The lowest BCUT2D eigenvalue weighted by molar-refractivity contribution is -0.0933. The summed E-state index contributed by atoms with van der Waals surface area (Å²) in [7, 11) is 0. The molecule has 1 heterocycles. The van der Waals surface area contributed by atoms with E-state index in [0.717, 1.165) is 19.1 Å². The van der Waals surface area contributed by atoms with Gasteiger partial charge in [0.15, 0.2) is 0 Å². The molecule has 1 fully saturated rings. The van der Waals surface area contributed by atoms with E-state index < -0.39 is 0 Å². The van der Waals surface area contributed by atoms with Crippen molar-refractivity contribution in [1.82, 2.24) is 0 Å². The second-order valence-electron chi connectivity index (χ2n) is 4.77. The zero-order valence-electron chi connectivity index (χ0n) is 9.96. The first-order valence-corrected chi connectivity index (χ1v) is 5.68. The third-order valence-electron chi connectivity index (χ3n) is 3.09. The average Bonchev–Trinajstić information content (AvgIpc) is 2.14. The van der Waals surface area contributed by atoms with Crippen molar-refractivity contribution in [3.63, 3.8) is 0 Å². The molecule has 0 aromatic heterocycles. The number of allylic oxidation sites excluding steroid dienone is 3. The van der Waals surface area contributed by atoms with Gasteiger partial charge in [-0.2, -0.15) is 0 Å². The summed E-state index contributed by atoms with van der Waals surface area (Å²) in [5, 5.41) is 0. The SMILES string of the molecule is C=C/C=C(\C=C)C1(CCC(C)C)COC1. The van der Waals surface area contributed by atoms with Crippen LogP contribution >= 0.6 is 0 Å². The maximum Gasteiger partial charge on any atom is 0.0585 e. The lowest BCUT2D eigenvalue weighted by Crippen LogP contribution is -2.44. The third kappa shape index (κ3) is 2.82. The molecule has 1 aliphatic rings. The molecule has 0 atom stereocenters. The van der Waals surface area contributed by atoms with Crippen LogP contribution in [0.2, 0.25) is 0 Å². The van der Waals surface area contributed by atoms with Crippen LogP contribution < -0.4 is 0 Å². The van der Waals surface area contributed by atoms with Gasteiger partial charge in [0, 0.05) is 5.41 Å². The van der Waals surface area contributed by atoms with Crippen molar-refractivity contribution < 1.29 is 4.74 Å². The highest BCUT2D eigenvalue weighted by Gasteiger charge is 2.40. The minimum atomic E-state index is 0.222. The van der Waals surface area contributed by atoms with Gasteiger partial charge < -0.3 is 4.74 Å². The van der Waals surface area contributed by atoms with Crippen LogP contribution in [0.1, 0.15) is 26.7 Å². The van der Waals surface area contributed by atoms with E-state index in [9.17, 15) is 0 Å². The molecule has 0 N–H and O–H groups in total. The van der Waals surface area contributed by atoms with Crippen molar-refractivity contribution in [3.8, 4) is 0 Å². The molecule has 84 valence electrons. The Morgan fingerprint density at radius 2 is 2.07 bits per heavy atom. The van der Waals surface area contributed by atoms with Crippen molar-refractivity contribution in [2.45, 2.75) is 26.7 Å². The Balaban J connectivity index is 2.70. The number of hydrogen-bond acceptors (Lipinski definition) is 1. The maximum atomic E-state index is 5.38. The van der Waals surface area contributed by atoms with E-state index in [4.69, 9.17) is 4.74 Å². The summed E-state index contributed by atoms with van der Waals surface area (Å²) in [6, 6.07) is 0. The van der Waals surface area contributed by atoms with Crippen LogP contribution in [-0.4, -0.2) is 13.2 Å². The number of rotatable bonds is 6. The van der Waals surface area contributed by atoms with Gasteiger partial charge in [0.1, 0.15) is 0 Å². The molecule has 0 spiro atoms. The van der Waals surface area contributed by atoms with E-state index in [0.29, 0.717) is 0 Å². The molecule has 1 saturated heterocycles. The van der Waals surface area contributed by atoms with Gasteiger partial charge in [-0.15, -0.1) is 0 Å². The van der Waals surface area contributed by atoms with E-state index in [2.05, 4.69) is 33.1 Å². The molecule has 1 aliphatic heterocycles. The zero-order chi connectivity index (χ0) is 11.3. The summed E-state index contributed by atoms with van der Waals surface area (Å²) >= 11 is 0. The summed E-state index contributed by atoms with van der Waals surface area (Å²) in [6.07, 6.45) is 8.29. The molecule has 1 rings (SSSR count). The molecular weight excluding hydrogens is 184 g/mol. The van der Waals surface area contributed by atoms with Crippen LogP contribution in [-0.2, 0) is 4.74 Å². The Morgan fingerprint density at radius 1 is 1.40 bits per heavy atom. The minimum Gasteiger partial charge on any atom is -0.379 e. The standard InChI is InChI=1S/C14H22O/c1-5-7-13(6-2)14(10-15-11-14)9-8-12(3)4/h5-7,12H,1-2,8-11H2,3-4H3/b13-7+. The van der Waals surface area contributed by atoms with Crippen molar-refractivity contribution in [2.75, 3.05) is 13.2 Å². The smallest absolute Gasteiger partial charge is 0.0585 e. The Labute approximate surface area is 93.5 Å².